The predicted molar refractivity (Wildman–Crippen MR) is 65.4 cm³/mol. The van der Waals surface area contributed by atoms with Gasteiger partial charge in [0.25, 0.3) is 0 Å². The number of benzene rings is 1. The van der Waals surface area contributed by atoms with E-state index in [1.165, 1.54) is 16.7 Å². The van der Waals surface area contributed by atoms with Crippen LogP contribution in [0.1, 0.15) is 23.1 Å². The predicted octanol–water partition coefficient (Wildman–Crippen LogP) is 2.97. The SMILES string of the molecule is C=CCOC(=O)CCc1ccc(C)cc1C. The third-order valence-electron chi connectivity index (χ3n) is 2.46. The van der Waals surface area contributed by atoms with E-state index in [1.54, 1.807) is 6.08 Å². The lowest BCUT2D eigenvalue weighted by molar-refractivity contribution is -0.142. The number of ether oxygens (including phenoxy) is 1. The van der Waals surface area contributed by atoms with Gasteiger partial charge in [0.15, 0.2) is 0 Å². The number of hydrogen-bond donors (Lipinski definition) is 0. The molecule has 0 atom stereocenters. The maximum atomic E-state index is 11.3. The molecule has 0 radical (unpaired) electrons. The summed E-state index contributed by atoms with van der Waals surface area (Å²) in [6.07, 6.45) is 2.74. The van der Waals surface area contributed by atoms with Crippen molar-refractivity contribution in [2.75, 3.05) is 6.61 Å². The highest BCUT2D eigenvalue weighted by Gasteiger charge is 2.04. The average Bonchev–Trinajstić information content (AvgIpc) is 2.25. The van der Waals surface area contributed by atoms with Gasteiger partial charge in [-0.05, 0) is 31.4 Å². The number of carbonyl (C=O) groups is 1. The van der Waals surface area contributed by atoms with Crippen molar-refractivity contribution in [2.24, 2.45) is 0 Å². The second-order valence-electron chi connectivity index (χ2n) is 3.90. The van der Waals surface area contributed by atoms with Crippen LogP contribution in [0, 0.1) is 13.8 Å². The summed E-state index contributed by atoms with van der Waals surface area (Å²) in [5, 5.41) is 0. The molecular weight excluding hydrogens is 200 g/mol. The first kappa shape index (κ1) is 12.5. The second-order valence-corrected chi connectivity index (χ2v) is 3.90. The van der Waals surface area contributed by atoms with Crippen molar-refractivity contribution in [3.05, 3.63) is 47.5 Å². The molecule has 0 amide bonds. The zero-order valence-corrected chi connectivity index (χ0v) is 9.95. The number of carbonyl (C=O) groups excluding carboxylic acids is 1. The van der Waals surface area contributed by atoms with Gasteiger partial charge < -0.3 is 4.74 Å². The Bertz CT molecular complexity index is 380. The Morgan fingerprint density at radius 2 is 2.19 bits per heavy atom. The summed E-state index contributed by atoms with van der Waals surface area (Å²) in [5.74, 6) is -0.167. The molecule has 1 aromatic carbocycles. The summed E-state index contributed by atoms with van der Waals surface area (Å²) in [6, 6.07) is 6.27. The number of aryl methyl sites for hydroxylation is 3. The van der Waals surface area contributed by atoms with Crippen molar-refractivity contribution in [2.45, 2.75) is 26.7 Å². The van der Waals surface area contributed by atoms with Gasteiger partial charge >= 0.3 is 5.97 Å². The van der Waals surface area contributed by atoms with Crippen LogP contribution in [0.15, 0.2) is 30.9 Å². The molecule has 0 N–H and O–H groups in total. The van der Waals surface area contributed by atoms with Crippen LogP contribution >= 0.6 is 0 Å². The number of rotatable bonds is 5. The lowest BCUT2D eigenvalue weighted by Gasteiger charge is -2.06. The van der Waals surface area contributed by atoms with E-state index in [4.69, 9.17) is 4.74 Å². The zero-order chi connectivity index (χ0) is 12.0. The van der Waals surface area contributed by atoms with Crippen LogP contribution in [-0.2, 0) is 16.0 Å². The molecule has 0 bridgehead atoms. The molecule has 1 aromatic rings. The lowest BCUT2D eigenvalue weighted by Crippen LogP contribution is -2.06. The first-order valence-corrected chi connectivity index (χ1v) is 5.46. The third kappa shape index (κ3) is 3.89. The molecule has 0 aromatic heterocycles. The Hall–Kier alpha value is -1.57. The van der Waals surface area contributed by atoms with Crippen LogP contribution in [0.3, 0.4) is 0 Å². The largest absolute Gasteiger partial charge is 0.461 e. The standard InChI is InChI=1S/C14H18O2/c1-4-9-16-14(15)8-7-13-6-5-11(2)10-12(13)3/h4-6,10H,1,7-9H2,2-3H3. The van der Waals surface area contributed by atoms with Crippen LogP contribution in [0.2, 0.25) is 0 Å². The highest BCUT2D eigenvalue weighted by atomic mass is 16.5. The minimum atomic E-state index is -0.167. The molecule has 0 spiro atoms. The van der Waals surface area contributed by atoms with E-state index in [0.29, 0.717) is 13.0 Å². The van der Waals surface area contributed by atoms with Gasteiger partial charge in [-0.2, -0.15) is 0 Å². The molecule has 0 aliphatic rings. The smallest absolute Gasteiger partial charge is 0.306 e. The molecule has 16 heavy (non-hydrogen) atoms. The van der Waals surface area contributed by atoms with E-state index >= 15 is 0 Å². The summed E-state index contributed by atoms with van der Waals surface area (Å²) < 4.78 is 4.92. The molecule has 0 aliphatic heterocycles. The normalized spacial score (nSPS) is 9.88. The lowest BCUT2D eigenvalue weighted by atomic mass is 10.0. The molecule has 1 rings (SSSR count). The Morgan fingerprint density at radius 1 is 1.44 bits per heavy atom. The number of hydrogen-bond acceptors (Lipinski definition) is 2. The molecule has 86 valence electrons. The zero-order valence-electron chi connectivity index (χ0n) is 9.95. The van der Waals surface area contributed by atoms with E-state index in [9.17, 15) is 4.79 Å². The van der Waals surface area contributed by atoms with Gasteiger partial charge in [-0.1, -0.05) is 36.4 Å². The fraction of sp³-hybridized carbons (Fsp3) is 0.357. The fourth-order valence-electron chi connectivity index (χ4n) is 1.59. The van der Waals surface area contributed by atoms with Crippen LogP contribution in [0.5, 0.6) is 0 Å². The first-order valence-electron chi connectivity index (χ1n) is 5.46. The summed E-state index contributed by atoms with van der Waals surface area (Å²) in [7, 11) is 0. The van der Waals surface area contributed by atoms with E-state index in [-0.39, 0.29) is 5.97 Å². The van der Waals surface area contributed by atoms with E-state index in [1.807, 2.05) is 0 Å². The van der Waals surface area contributed by atoms with Crippen molar-refractivity contribution in [3.8, 4) is 0 Å². The highest BCUT2D eigenvalue weighted by Crippen LogP contribution is 2.12. The van der Waals surface area contributed by atoms with Crippen LogP contribution < -0.4 is 0 Å². The summed E-state index contributed by atoms with van der Waals surface area (Å²) in [6.45, 7) is 7.93. The molecule has 0 aliphatic carbocycles. The highest BCUT2D eigenvalue weighted by molar-refractivity contribution is 5.69. The van der Waals surface area contributed by atoms with E-state index in [0.717, 1.165) is 6.42 Å². The topological polar surface area (TPSA) is 26.3 Å². The van der Waals surface area contributed by atoms with Crippen LogP contribution in [-0.4, -0.2) is 12.6 Å². The van der Waals surface area contributed by atoms with Gasteiger partial charge in [-0.15, -0.1) is 0 Å². The van der Waals surface area contributed by atoms with E-state index < -0.39 is 0 Å². The molecule has 0 saturated heterocycles. The van der Waals surface area contributed by atoms with E-state index in [2.05, 4.69) is 38.6 Å². The number of esters is 1. The Kier molecular flexibility index (Phi) is 4.77. The second kappa shape index (κ2) is 6.11. The van der Waals surface area contributed by atoms with Gasteiger partial charge in [0, 0.05) is 6.42 Å². The summed E-state index contributed by atoms with van der Waals surface area (Å²) >= 11 is 0. The van der Waals surface area contributed by atoms with Gasteiger partial charge in [0.05, 0.1) is 0 Å². The van der Waals surface area contributed by atoms with Crippen LogP contribution in [0.4, 0.5) is 0 Å². The summed E-state index contributed by atoms with van der Waals surface area (Å²) in [4.78, 5) is 11.3. The van der Waals surface area contributed by atoms with Gasteiger partial charge in [-0.25, -0.2) is 0 Å². The molecular formula is C14H18O2. The fourth-order valence-corrected chi connectivity index (χ4v) is 1.59. The maximum Gasteiger partial charge on any atom is 0.306 e. The molecule has 2 heteroatoms. The van der Waals surface area contributed by atoms with Crippen molar-refractivity contribution >= 4 is 5.97 Å². The van der Waals surface area contributed by atoms with Gasteiger partial charge in [0.1, 0.15) is 6.61 Å². The molecule has 0 heterocycles. The van der Waals surface area contributed by atoms with Gasteiger partial charge in [0.2, 0.25) is 0 Å². The average molecular weight is 218 g/mol. The monoisotopic (exact) mass is 218 g/mol. The molecule has 0 unspecified atom stereocenters. The van der Waals surface area contributed by atoms with Gasteiger partial charge in [-0.3, -0.25) is 4.79 Å². The molecule has 2 nitrogen and oxygen atoms in total. The molecule has 0 fully saturated rings. The minimum absolute atomic E-state index is 0.167. The summed E-state index contributed by atoms with van der Waals surface area (Å²) in [5.41, 5.74) is 3.69. The quantitative estimate of drug-likeness (QED) is 0.561. The van der Waals surface area contributed by atoms with Crippen molar-refractivity contribution in [1.82, 2.24) is 0 Å². The van der Waals surface area contributed by atoms with Crippen molar-refractivity contribution in [3.63, 3.8) is 0 Å². The van der Waals surface area contributed by atoms with Crippen molar-refractivity contribution < 1.29 is 9.53 Å². The first-order chi connectivity index (χ1) is 7.63. The Labute approximate surface area is 96.9 Å². The minimum Gasteiger partial charge on any atom is -0.461 e. The maximum absolute atomic E-state index is 11.3. The third-order valence-corrected chi connectivity index (χ3v) is 2.46. The Morgan fingerprint density at radius 3 is 2.81 bits per heavy atom. The van der Waals surface area contributed by atoms with Crippen LogP contribution in [0.25, 0.3) is 0 Å². The molecule has 0 saturated carbocycles. The Balaban J connectivity index is 2.48. The van der Waals surface area contributed by atoms with Crippen molar-refractivity contribution in [1.29, 1.82) is 0 Å².